The molecule has 6 heterocycles. The van der Waals surface area contributed by atoms with Gasteiger partial charge in [-0.15, -0.1) is 6.58 Å². The lowest BCUT2D eigenvalue weighted by Crippen LogP contribution is -2.66. The number of nitrogens with one attached hydrogen (secondary N) is 4. The third-order valence-corrected chi connectivity index (χ3v) is 11.4. The van der Waals surface area contributed by atoms with Crippen molar-refractivity contribution in [3.05, 3.63) is 108 Å². The molecule has 0 radical (unpaired) electrons. The molecule has 232 valence electrons. The van der Waals surface area contributed by atoms with E-state index in [9.17, 15) is 19.2 Å². The maximum Gasteiger partial charge on any atom is 0.247 e. The van der Waals surface area contributed by atoms with Gasteiger partial charge in [-0.25, -0.2) is 0 Å². The van der Waals surface area contributed by atoms with Crippen LogP contribution in [0.15, 0.2) is 91.5 Å². The van der Waals surface area contributed by atoms with E-state index in [-0.39, 0.29) is 23.6 Å². The summed E-state index contributed by atoms with van der Waals surface area (Å²) in [6, 6.07) is 23.0. The highest BCUT2D eigenvalue weighted by atomic mass is 16.2. The molecule has 3 aromatic rings. The number of anilines is 2. The second-order valence-corrected chi connectivity index (χ2v) is 13.4. The summed E-state index contributed by atoms with van der Waals surface area (Å²) in [5.74, 6) is -0.671. The Bertz CT molecular complexity index is 1850. The zero-order valence-electron chi connectivity index (χ0n) is 25.1. The van der Waals surface area contributed by atoms with Crippen LogP contribution in [-0.2, 0) is 36.4 Å². The standard InChI is InChI=1S/C36H34N6O4/c1-2-10-25-31(45)41-27(29(43)37-25)18-35(21-13-6-8-15-23(21)39-33(35)41)36-19-28-30(44)38-26(17-20-11-4-3-5-12-20)32(46)42(28)34(36)40-24-16-9-7-14-22(24)36/h2-9,11-16,25-28,33-34,39-40H,1,10,17-19H2,(H,37,43)(H,38,44)/t25-,26-,27-,28-,33+,34+,35-,36-/m0/s1. The van der Waals surface area contributed by atoms with Gasteiger partial charge in [0, 0.05) is 17.8 Å². The van der Waals surface area contributed by atoms with Crippen molar-refractivity contribution in [2.24, 2.45) is 0 Å². The van der Waals surface area contributed by atoms with E-state index >= 15 is 0 Å². The van der Waals surface area contributed by atoms with Crippen molar-refractivity contribution in [1.29, 1.82) is 0 Å². The number of para-hydroxylation sites is 2. The van der Waals surface area contributed by atoms with Gasteiger partial charge in [-0.1, -0.05) is 72.8 Å². The van der Waals surface area contributed by atoms with Crippen molar-refractivity contribution in [1.82, 2.24) is 20.4 Å². The first-order chi connectivity index (χ1) is 22.4. The fraction of sp³-hybridized carbons (Fsp3) is 0.333. The minimum Gasteiger partial charge on any atom is -0.364 e. The van der Waals surface area contributed by atoms with Crippen LogP contribution in [0.2, 0.25) is 0 Å². The van der Waals surface area contributed by atoms with Gasteiger partial charge in [-0.3, -0.25) is 19.2 Å². The van der Waals surface area contributed by atoms with E-state index < -0.39 is 47.3 Å². The minimum atomic E-state index is -0.848. The summed E-state index contributed by atoms with van der Waals surface area (Å²) < 4.78 is 0. The summed E-state index contributed by atoms with van der Waals surface area (Å²) in [5.41, 5.74) is 3.05. The SMILES string of the molecule is C=CC[C@@H]1NC(=O)[C@@H]2C[C@]3([C@]45C[C@H]6C(=O)N[C@@H](Cc7ccccc7)C(=O)N6[C@H]4Nc4ccccc45)c4ccccc4N[C@@H]3N2C1=O. The Morgan fingerprint density at radius 1 is 0.652 bits per heavy atom. The van der Waals surface area contributed by atoms with E-state index in [2.05, 4.69) is 40.0 Å². The molecule has 0 saturated carbocycles. The Labute approximate surface area is 266 Å². The molecule has 0 spiro atoms. The lowest BCUT2D eigenvalue weighted by Gasteiger charge is -2.48. The zero-order chi connectivity index (χ0) is 31.4. The smallest absolute Gasteiger partial charge is 0.247 e. The topological polar surface area (TPSA) is 123 Å². The molecule has 6 aliphatic heterocycles. The molecule has 0 aliphatic carbocycles. The van der Waals surface area contributed by atoms with Crippen molar-refractivity contribution in [2.45, 2.75) is 73.0 Å². The number of carbonyl (C=O) groups excluding carboxylic acids is 4. The van der Waals surface area contributed by atoms with Crippen LogP contribution in [0, 0.1) is 0 Å². The summed E-state index contributed by atoms with van der Waals surface area (Å²) in [6.45, 7) is 3.81. The van der Waals surface area contributed by atoms with Gasteiger partial charge in [0.15, 0.2) is 0 Å². The number of hydrogen-bond acceptors (Lipinski definition) is 6. The first kappa shape index (κ1) is 27.2. The molecule has 4 amide bonds. The molecule has 0 aromatic heterocycles. The molecular formula is C36H34N6O4. The maximum absolute atomic E-state index is 14.5. The average molecular weight is 615 g/mol. The molecule has 8 atom stereocenters. The van der Waals surface area contributed by atoms with E-state index in [0.29, 0.717) is 25.7 Å². The molecule has 46 heavy (non-hydrogen) atoms. The quantitative estimate of drug-likeness (QED) is 0.328. The van der Waals surface area contributed by atoms with Gasteiger partial charge in [0.1, 0.15) is 36.5 Å². The molecule has 3 aromatic carbocycles. The van der Waals surface area contributed by atoms with Gasteiger partial charge in [-0.05, 0) is 48.1 Å². The van der Waals surface area contributed by atoms with Crippen LogP contribution in [0.4, 0.5) is 11.4 Å². The number of nitrogens with zero attached hydrogens (tertiary/aromatic N) is 2. The highest BCUT2D eigenvalue weighted by molar-refractivity contribution is 6.01. The molecule has 0 unspecified atom stereocenters. The Hall–Kier alpha value is -5.12. The molecule has 10 nitrogen and oxygen atoms in total. The fourth-order valence-corrected chi connectivity index (χ4v) is 9.72. The highest BCUT2D eigenvalue weighted by Crippen LogP contribution is 2.68. The number of amides is 4. The van der Waals surface area contributed by atoms with Crippen LogP contribution < -0.4 is 21.3 Å². The van der Waals surface area contributed by atoms with Crippen molar-refractivity contribution < 1.29 is 19.2 Å². The highest BCUT2D eigenvalue weighted by Gasteiger charge is 2.78. The van der Waals surface area contributed by atoms with Crippen molar-refractivity contribution in [3.63, 3.8) is 0 Å². The number of hydrogen-bond donors (Lipinski definition) is 4. The molecule has 0 bridgehead atoms. The fourth-order valence-electron chi connectivity index (χ4n) is 9.72. The molecular weight excluding hydrogens is 580 g/mol. The molecule has 6 aliphatic rings. The van der Waals surface area contributed by atoms with Gasteiger partial charge in [0.2, 0.25) is 23.6 Å². The summed E-state index contributed by atoms with van der Waals surface area (Å²) >= 11 is 0. The number of carbonyl (C=O) groups is 4. The van der Waals surface area contributed by atoms with Gasteiger partial charge >= 0.3 is 0 Å². The molecule has 4 saturated heterocycles. The predicted molar refractivity (Wildman–Crippen MR) is 170 cm³/mol. The van der Waals surface area contributed by atoms with E-state index in [1.165, 1.54) is 0 Å². The summed E-state index contributed by atoms with van der Waals surface area (Å²) in [7, 11) is 0. The third-order valence-electron chi connectivity index (χ3n) is 11.4. The number of fused-ring (bicyclic) bond motifs is 11. The number of rotatable bonds is 5. The van der Waals surface area contributed by atoms with Crippen molar-refractivity contribution in [3.8, 4) is 0 Å². The third kappa shape index (κ3) is 3.26. The average Bonchev–Trinajstić information content (AvgIpc) is 3.77. The van der Waals surface area contributed by atoms with E-state index in [1.807, 2.05) is 66.7 Å². The molecule has 9 rings (SSSR count). The zero-order valence-corrected chi connectivity index (χ0v) is 25.1. The summed E-state index contributed by atoms with van der Waals surface area (Å²) in [6.07, 6.45) is 1.90. The van der Waals surface area contributed by atoms with E-state index in [0.717, 1.165) is 28.1 Å². The Balaban J connectivity index is 1.24. The monoisotopic (exact) mass is 614 g/mol. The van der Waals surface area contributed by atoms with Crippen LogP contribution in [0.1, 0.15) is 36.0 Å². The molecule has 10 heteroatoms. The lowest BCUT2D eigenvalue weighted by atomic mass is 9.54. The van der Waals surface area contributed by atoms with Crippen molar-refractivity contribution in [2.75, 3.05) is 10.6 Å². The maximum atomic E-state index is 14.5. The van der Waals surface area contributed by atoms with Gasteiger partial charge in [-0.2, -0.15) is 0 Å². The molecule has 4 fully saturated rings. The van der Waals surface area contributed by atoms with Crippen LogP contribution in [0.5, 0.6) is 0 Å². The Morgan fingerprint density at radius 3 is 1.67 bits per heavy atom. The molecule has 4 N–H and O–H groups in total. The van der Waals surface area contributed by atoms with E-state index in [4.69, 9.17) is 0 Å². The van der Waals surface area contributed by atoms with E-state index in [1.54, 1.807) is 15.9 Å². The minimum absolute atomic E-state index is 0.136. The second kappa shape index (κ2) is 9.45. The number of benzene rings is 3. The van der Waals surface area contributed by atoms with Crippen molar-refractivity contribution >= 4 is 35.0 Å². The van der Waals surface area contributed by atoms with Gasteiger partial charge < -0.3 is 31.1 Å². The lowest BCUT2D eigenvalue weighted by molar-refractivity contribution is -0.149. The van der Waals surface area contributed by atoms with Crippen LogP contribution in [0.3, 0.4) is 0 Å². The predicted octanol–water partition coefficient (Wildman–Crippen LogP) is 2.38. The van der Waals surface area contributed by atoms with Crippen LogP contribution >= 0.6 is 0 Å². The van der Waals surface area contributed by atoms with Crippen LogP contribution in [-0.4, -0.2) is 69.9 Å². The first-order valence-corrected chi connectivity index (χ1v) is 16.0. The second-order valence-electron chi connectivity index (χ2n) is 13.4. The van der Waals surface area contributed by atoms with Crippen LogP contribution in [0.25, 0.3) is 0 Å². The largest absolute Gasteiger partial charge is 0.364 e. The summed E-state index contributed by atoms with van der Waals surface area (Å²) in [4.78, 5) is 60.1. The number of piperazine rings is 2. The summed E-state index contributed by atoms with van der Waals surface area (Å²) in [5, 5.41) is 13.4. The van der Waals surface area contributed by atoms with Gasteiger partial charge in [0.05, 0.1) is 10.8 Å². The Kier molecular flexibility index (Phi) is 5.59. The Morgan fingerprint density at radius 2 is 1.13 bits per heavy atom. The van der Waals surface area contributed by atoms with Gasteiger partial charge in [0.25, 0.3) is 0 Å². The normalized spacial score (nSPS) is 34.7. The first-order valence-electron chi connectivity index (χ1n) is 16.0.